The van der Waals surface area contributed by atoms with Crippen molar-refractivity contribution in [2.45, 2.75) is 46.6 Å². The van der Waals surface area contributed by atoms with E-state index >= 15 is 0 Å². The molecular weight excluding hydrogens is 214 g/mol. The van der Waals surface area contributed by atoms with E-state index in [0.717, 1.165) is 30.3 Å². The van der Waals surface area contributed by atoms with Crippen molar-refractivity contribution in [3.05, 3.63) is 17.6 Å². The Labute approximate surface area is 104 Å². The van der Waals surface area contributed by atoms with E-state index in [0.29, 0.717) is 6.61 Å². The van der Waals surface area contributed by atoms with Gasteiger partial charge in [0.05, 0.1) is 0 Å². The van der Waals surface area contributed by atoms with Gasteiger partial charge in [0.15, 0.2) is 5.82 Å². The number of nitrogens with zero attached hydrogens (tertiary/aromatic N) is 2. The number of ether oxygens (including phenoxy) is 1. The number of nitrogens with one attached hydrogen (secondary N) is 1. The molecule has 0 saturated carbocycles. The van der Waals surface area contributed by atoms with Crippen LogP contribution in [0, 0.1) is 0 Å². The molecule has 0 saturated heterocycles. The molecule has 0 aliphatic rings. The molecule has 1 rings (SSSR count). The average molecular weight is 237 g/mol. The topological polar surface area (TPSA) is 47.0 Å². The summed E-state index contributed by atoms with van der Waals surface area (Å²) in [6.45, 7) is 11.6. The summed E-state index contributed by atoms with van der Waals surface area (Å²) in [6, 6.07) is 2.00. The molecule has 17 heavy (non-hydrogen) atoms. The number of hydrogen-bond donors (Lipinski definition) is 1. The van der Waals surface area contributed by atoms with Gasteiger partial charge < -0.3 is 10.1 Å². The van der Waals surface area contributed by atoms with E-state index in [1.54, 1.807) is 0 Å². The van der Waals surface area contributed by atoms with E-state index in [9.17, 15) is 0 Å². The zero-order valence-corrected chi connectivity index (χ0v) is 11.5. The Hall–Kier alpha value is -1.16. The predicted octanol–water partition coefficient (Wildman–Crippen LogP) is 2.74. The minimum absolute atomic E-state index is 0.440. The van der Waals surface area contributed by atoms with Gasteiger partial charge in [0.1, 0.15) is 11.4 Å². The van der Waals surface area contributed by atoms with Crippen LogP contribution in [0.4, 0.5) is 5.82 Å². The molecule has 1 N–H and O–H groups in total. The smallest absolute Gasteiger partial charge is 0.162 e. The van der Waals surface area contributed by atoms with E-state index in [2.05, 4.69) is 29.1 Å². The first kappa shape index (κ1) is 13.9. The number of anilines is 1. The molecule has 0 unspecified atom stereocenters. The van der Waals surface area contributed by atoms with Crippen molar-refractivity contribution in [1.82, 2.24) is 9.97 Å². The minimum Gasteiger partial charge on any atom is -0.370 e. The lowest BCUT2D eigenvalue weighted by Crippen LogP contribution is -2.25. The molecule has 0 spiro atoms. The Morgan fingerprint density at radius 3 is 2.47 bits per heavy atom. The molecule has 0 aliphatic carbocycles. The predicted molar refractivity (Wildman–Crippen MR) is 70.2 cm³/mol. The van der Waals surface area contributed by atoms with Gasteiger partial charge in [-0.25, -0.2) is 9.97 Å². The maximum absolute atomic E-state index is 5.70. The zero-order valence-electron chi connectivity index (χ0n) is 11.5. The second-order valence-electron chi connectivity index (χ2n) is 4.40. The molecule has 0 amide bonds. The second kappa shape index (κ2) is 5.96. The Bertz CT molecular complexity index is 364. The molecule has 1 aromatic heterocycles. The van der Waals surface area contributed by atoms with Crippen molar-refractivity contribution in [1.29, 1.82) is 0 Å². The Balaban J connectivity index is 3.09. The molecule has 0 atom stereocenters. The summed E-state index contributed by atoms with van der Waals surface area (Å²) < 4.78 is 5.70. The van der Waals surface area contributed by atoms with Crippen LogP contribution in [-0.2, 0) is 16.8 Å². The van der Waals surface area contributed by atoms with Crippen molar-refractivity contribution in [2.75, 3.05) is 18.5 Å². The summed E-state index contributed by atoms with van der Waals surface area (Å²) in [5.74, 6) is 1.62. The van der Waals surface area contributed by atoms with Crippen LogP contribution < -0.4 is 5.32 Å². The Kier molecular flexibility index (Phi) is 4.87. The maximum Gasteiger partial charge on any atom is 0.162 e. The fourth-order valence-corrected chi connectivity index (χ4v) is 1.64. The van der Waals surface area contributed by atoms with Crippen LogP contribution in [0.5, 0.6) is 0 Å². The third kappa shape index (κ3) is 3.66. The average Bonchev–Trinajstić information content (AvgIpc) is 2.29. The number of aromatic nitrogens is 2. The lowest BCUT2D eigenvalue weighted by atomic mass is 10.1. The van der Waals surface area contributed by atoms with E-state index < -0.39 is 5.60 Å². The van der Waals surface area contributed by atoms with E-state index in [1.807, 2.05) is 26.8 Å². The highest BCUT2D eigenvalue weighted by molar-refractivity contribution is 5.36. The molecule has 96 valence electrons. The van der Waals surface area contributed by atoms with Crippen LogP contribution in [0.1, 0.15) is 46.1 Å². The van der Waals surface area contributed by atoms with Gasteiger partial charge in [-0.2, -0.15) is 0 Å². The highest BCUT2D eigenvalue weighted by Gasteiger charge is 2.25. The third-order valence-corrected chi connectivity index (χ3v) is 2.54. The number of rotatable bonds is 6. The van der Waals surface area contributed by atoms with Crippen LogP contribution in [0.25, 0.3) is 0 Å². The molecule has 0 aromatic carbocycles. The van der Waals surface area contributed by atoms with Crippen LogP contribution in [0.15, 0.2) is 6.07 Å². The van der Waals surface area contributed by atoms with E-state index in [1.165, 1.54) is 0 Å². The van der Waals surface area contributed by atoms with Crippen molar-refractivity contribution in [2.24, 2.45) is 0 Å². The van der Waals surface area contributed by atoms with Gasteiger partial charge in [-0.05, 0) is 34.1 Å². The van der Waals surface area contributed by atoms with Crippen LogP contribution >= 0.6 is 0 Å². The zero-order chi connectivity index (χ0) is 12.9. The van der Waals surface area contributed by atoms with Gasteiger partial charge in [0.2, 0.25) is 0 Å². The summed E-state index contributed by atoms with van der Waals surface area (Å²) in [7, 11) is 0. The van der Waals surface area contributed by atoms with E-state index in [-0.39, 0.29) is 0 Å². The van der Waals surface area contributed by atoms with Gasteiger partial charge in [-0.3, -0.25) is 0 Å². The van der Waals surface area contributed by atoms with Crippen LogP contribution in [0.3, 0.4) is 0 Å². The van der Waals surface area contributed by atoms with E-state index in [4.69, 9.17) is 4.74 Å². The minimum atomic E-state index is -0.440. The molecule has 1 heterocycles. The summed E-state index contributed by atoms with van der Waals surface area (Å²) in [6.07, 6.45) is 0.899. The fourth-order valence-electron chi connectivity index (χ4n) is 1.64. The maximum atomic E-state index is 5.70. The largest absolute Gasteiger partial charge is 0.370 e. The number of aryl methyl sites for hydroxylation is 1. The van der Waals surface area contributed by atoms with Crippen molar-refractivity contribution in [3.8, 4) is 0 Å². The standard InChI is InChI=1S/C13H23N3O/c1-6-10-9-11(14-7-2)16-12(15-10)13(4,5)17-8-3/h9H,6-8H2,1-5H3,(H,14,15,16). The molecule has 0 radical (unpaired) electrons. The molecule has 0 fully saturated rings. The van der Waals surface area contributed by atoms with Gasteiger partial charge in [-0.15, -0.1) is 0 Å². The summed E-state index contributed by atoms with van der Waals surface area (Å²) in [5.41, 5.74) is 0.600. The van der Waals surface area contributed by atoms with Gasteiger partial charge >= 0.3 is 0 Å². The second-order valence-corrected chi connectivity index (χ2v) is 4.40. The van der Waals surface area contributed by atoms with Crippen LogP contribution in [0.2, 0.25) is 0 Å². The van der Waals surface area contributed by atoms with Gasteiger partial charge in [-0.1, -0.05) is 6.92 Å². The summed E-state index contributed by atoms with van der Waals surface area (Å²) in [4.78, 5) is 9.06. The quantitative estimate of drug-likeness (QED) is 0.826. The molecule has 0 bridgehead atoms. The van der Waals surface area contributed by atoms with Crippen LogP contribution in [-0.4, -0.2) is 23.1 Å². The number of hydrogen-bond acceptors (Lipinski definition) is 4. The monoisotopic (exact) mass is 237 g/mol. The molecular formula is C13H23N3O. The first-order valence-corrected chi connectivity index (χ1v) is 6.29. The Morgan fingerprint density at radius 1 is 1.24 bits per heavy atom. The third-order valence-electron chi connectivity index (χ3n) is 2.54. The molecule has 1 aromatic rings. The normalized spacial score (nSPS) is 11.6. The lowest BCUT2D eigenvalue weighted by Gasteiger charge is -2.24. The highest BCUT2D eigenvalue weighted by atomic mass is 16.5. The fraction of sp³-hybridized carbons (Fsp3) is 0.692. The first-order valence-electron chi connectivity index (χ1n) is 6.29. The molecule has 4 nitrogen and oxygen atoms in total. The van der Waals surface area contributed by atoms with Gasteiger partial charge in [0, 0.05) is 24.9 Å². The summed E-state index contributed by atoms with van der Waals surface area (Å²) >= 11 is 0. The summed E-state index contributed by atoms with van der Waals surface area (Å²) in [5, 5.41) is 3.23. The first-order chi connectivity index (χ1) is 8.03. The highest BCUT2D eigenvalue weighted by Crippen LogP contribution is 2.23. The SMILES string of the molecule is CCNc1cc(CC)nc(C(C)(C)OCC)n1. The molecule has 0 aliphatic heterocycles. The lowest BCUT2D eigenvalue weighted by molar-refractivity contribution is -0.0208. The van der Waals surface area contributed by atoms with Crippen molar-refractivity contribution < 1.29 is 4.74 Å². The van der Waals surface area contributed by atoms with Crippen molar-refractivity contribution in [3.63, 3.8) is 0 Å². The van der Waals surface area contributed by atoms with Crippen molar-refractivity contribution >= 4 is 5.82 Å². The van der Waals surface area contributed by atoms with Gasteiger partial charge in [0.25, 0.3) is 0 Å². The molecule has 4 heteroatoms. The Morgan fingerprint density at radius 2 is 1.94 bits per heavy atom.